The Morgan fingerprint density at radius 3 is 1.04 bits per heavy atom. The lowest BCUT2D eigenvalue weighted by molar-refractivity contribution is -0.378. The summed E-state index contributed by atoms with van der Waals surface area (Å²) in [5.41, 5.74) is 10.0. The van der Waals surface area contributed by atoms with Gasteiger partial charge in [0.15, 0.2) is 12.4 Å². The lowest BCUT2D eigenvalue weighted by atomic mass is 10.2. The van der Waals surface area contributed by atoms with Crippen LogP contribution >= 0.6 is 0 Å². The van der Waals surface area contributed by atoms with E-state index in [0.29, 0.717) is 26.1 Å². The summed E-state index contributed by atoms with van der Waals surface area (Å²) in [6.45, 7) is 3.95. The maximum atomic E-state index is 11.9. The Hall–Kier alpha value is -1.39. The number of H-pyrrole nitrogens is 1. The summed E-state index contributed by atoms with van der Waals surface area (Å²) < 4.78 is 70.5. The molecule has 0 saturated heterocycles. The predicted octanol–water partition coefficient (Wildman–Crippen LogP) is 1.71. The zero-order chi connectivity index (χ0) is 22.7. The predicted molar refractivity (Wildman–Crippen MR) is 96.6 cm³/mol. The van der Waals surface area contributed by atoms with Gasteiger partial charge >= 0.3 is 0 Å². The summed E-state index contributed by atoms with van der Waals surface area (Å²) in [6.07, 6.45) is 4.03. The number of hydrogen-bond acceptors (Lipinski definition) is 0. The number of hydrogen-bond donors (Lipinski definition) is 3. The summed E-state index contributed by atoms with van der Waals surface area (Å²) in [5.74, 6) is -7.51. The highest BCUT2D eigenvalue weighted by Crippen LogP contribution is 2.17. The highest BCUT2D eigenvalue weighted by molar-refractivity contribution is 4.82. The summed E-state index contributed by atoms with van der Waals surface area (Å²) in [4.78, 5) is 2.89. The number of nitrogens with one attached hydrogen (secondary N) is 1. The minimum absolute atomic E-state index is 0.0312. The van der Waals surface area contributed by atoms with Crippen molar-refractivity contribution in [2.45, 2.75) is 64.2 Å². The van der Waals surface area contributed by atoms with E-state index in [1.165, 1.54) is 0 Å². The van der Waals surface area contributed by atoms with Crippen LogP contribution < -0.4 is 22.2 Å². The lowest BCUT2D eigenvalue weighted by Crippen LogP contribution is -2.51. The van der Waals surface area contributed by atoms with Gasteiger partial charge in [0.2, 0.25) is 5.92 Å². The Kier molecular flexibility index (Phi) is 19.8. The van der Waals surface area contributed by atoms with Crippen molar-refractivity contribution in [1.29, 1.82) is 0 Å². The minimum Gasteiger partial charge on any atom is -0.358 e. The summed E-state index contributed by atoms with van der Waals surface area (Å²) in [5, 5.41) is 0. The molecular weight excluding hydrogens is 386 g/mol. The monoisotopic (exact) mass is 424 g/mol. The number of aromatic amines is 1. The van der Waals surface area contributed by atoms with E-state index < -0.39 is 17.8 Å². The first-order valence-electron chi connectivity index (χ1n) is 9.11. The Morgan fingerprint density at radius 2 is 0.964 bits per heavy atom. The Morgan fingerprint density at radius 1 is 0.607 bits per heavy atom. The van der Waals surface area contributed by atoms with E-state index in [0.717, 1.165) is 20.8 Å². The second-order valence-electron chi connectivity index (χ2n) is 6.45. The molecule has 1 rings (SSSR count). The zero-order valence-corrected chi connectivity index (χ0v) is 17.2. The van der Waals surface area contributed by atoms with Crippen LogP contribution in [0.4, 0.5) is 26.3 Å². The quantitative estimate of drug-likeness (QED) is 0.556. The van der Waals surface area contributed by atoms with Gasteiger partial charge in [-0.3, -0.25) is 0 Å². The average molecular weight is 425 g/mol. The number of rotatable bonds is 7. The van der Waals surface area contributed by atoms with E-state index in [1.807, 2.05) is 30.6 Å². The summed E-state index contributed by atoms with van der Waals surface area (Å²) in [6, 6.07) is 5.86. The molecule has 1 aromatic heterocycles. The largest absolute Gasteiger partial charge is 0.358 e. The van der Waals surface area contributed by atoms with E-state index in [-0.39, 0.29) is 19.3 Å². The van der Waals surface area contributed by atoms with E-state index in [2.05, 4.69) is 22.2 Å². The van der Waals surface area contributed by atoms with Gasteiger partial charge in [-0.05, 0) is 20.8 Å². The smallest absolute Gasteiger partial charge is 0.250 e. The second kappa shape index (κ2) is 17.7. The summed E-state index contributed by atoms with van der Waals surface area (Å²) >= 11 is 0. The molecule has 0 aromatic carbocycles. The third-order valence-electron chi connectivity index (χ3n) is 2.70. The van der Waals surface area contributed by atoms with E-state index in [1.54, 1.807) is 0 Å². The Balaban J connectivity index is -0.000000299. The van der Waals surface area contributed by atoms with E-state index in [4.69, 9.17) is 0 Å². The highest BCUT2D eigenvalue weighted by atomic mass is 19.3. The average Bonchev–Trinajstić information content (AvgIpc) is 2.53. The number of pyridine rings is 1. The maximum absolute atomic E-state index is 11.9. The number of aromatic nitrogens is 1. The van der Waals surface area contributed by atoms with Gasteiger partial charge in [0.25, 0.3) is 11.8 Å². The van der Waals surface area contributed by atoms with Gasteiger partial charge in [-0.2, -0.15) is 0 Å². The van der Waals surface area contributed by atoms with Crippen molar-refractivity contribution >= 4 is 0 Å². The molecule has 0 saturated carbocycles. The van der Waals surface area contributed by atoms with Crippen LogP contribution in [-0.2, 0) is 0 Å². The van der Waals surface area contributed by atoms with Crippen molar-refractivity contribution in [3.05, 3.63) is 30.6 Å². The van der Waals surface area contributed by atoms with Crippen LogP contribution in [0.15, 0.2) is 30.6 Å². The molecule has 4 nitrogen and oxygen atoms in total. The van der Waals surface area contributed by atoms with Gasteiger partial charge < -0.3 is 17.2 Å². The standard InChI is InChI=1S/C5H11F2N.C5H5N.2C4H9F2N/c1-5(6,7)3-2-4-8;1-2-4-6-5-3-1;2*1-4(5,6)2-3-7/h2-4,8H2,1H3;1-5H;2*2-3,7H2,1H3/p+4. The fourth-order valence-electron chi connectivity index (χ4n) is 1.40. The van der Waals surface area contributed by atoms with Gasteiger partial charge in [-0.15, -0.1) is 0 Å². The first-order valence-corrected chi connectivity index (χ1v) is 9.11. The normalized spacial score (nSPS) is 11.1. The van der Waals surface area contributed by atoms with Crippen molar-refractivity contribution in [2.24, 2.45) is 0 Å². The fourth-order valence-corrected chi connectivity index (χ4v) is 1.40. The molecule has 0 bridgehead atoms. The second-order valence-corrected chi connectivity index (χ2v) is 6.45. The minimum atomic E-state index is -2.51. The third kappa shape index (κ3) is 44.2. The fraction of sp³-hybridized carbons (Fsp3) is 0.722. The van der Waals surface area contributed by atoms with Crippen LogP contribution in [0.1, 0.15) is 46.5 Å². The van der Waals surface area contributed by atoms with Gasteiger partial charge in [0.05, 0.1) is 32.5 Å². The van der Waals surface area contributed by atoms with Crippen molar-refractivity contribution in [1.82, 2.24) is 0 Å². The Labute approximate surface area is 163 Å². The number of halogens is 6. The number of quaternary nitrogens is 3. The van der Waals surface area contributed by atoms with Gasteiger partial charge in [-0.1, -0.05) is 6.07 Å². The van der Waals surface area contributed by atoms with Crippen LogP contribution in [0.5, 0.6) is 0 Å². The van der Waals surface area contributed by atoms with Crippen LogP contribution in [0.3, 0.4) is 0 Å². The first-order chi connectivity index (χ1) is 12.7. The first kappa shape index (κ1) is 31.3. The van der Waals surface area contributed by atoms with Gasteiger partial charge in [0.1, 0.15) is 0 Å². The van der Waals surface area contributed by atoms with Crippen LogP contribution in [-0.4, -0.2) is 37.4 Å². The molecule has 0 radical (unpaired) electrons. The maximum Gasteiger partial charge on any atom is 0.250 e. The molecule has 0 unspecified atom stereocenters. The van der Waals surface area contributed by atoms with E-state index >= 15 is 0 Å². The van der Waals surface area contributed by atoms with Gasteiger partial charge in [0, 0.05) is 25.0 Å². The molecule has 0 aliphatic heterocycles. The van der Waals surface area contributed by atoms with Crippen molar-refractivity contribution in [2.75, 3.05) is 19.6 Å². The molecule has 10 N–H and O–H groups in total. The molecule has 0 amide bonds. The van der Waals surface area contributed by atoms with Crippen molar-refractivity contribution in [3.63, 3.8) is 0 Å². The highest BCUT2D eigenvalue weighted by Gasteiger charge is 2.20. The van der Waals surface area contributed by atoms with Crippen molar-refractivity contribution < 1.29 is 48.5 Å². The number of alkyl halides is 6. The molecule has 10 heteroatoms. The summed E-state index contributed by atoms with van der Waals surface area (Å²) in [7, 11) is 0. The molecule has 1 heterocycles. The molecule has 0 fully saturated rings. The zero-order valence-electron chi connectivity index (χ0n) is 17.2. The molecule has 0 atom stereocenters. The SMILES string of the molecule is CC(F)(F)CCC[NH3+].CC(F)(F)CC[NH3+].CC(F)(F)CC[NH3+].c1cc[nH+]cc1. The molecule has 0 aliphatic rings. The third-order valence-corrected chi connectivity index (χ3v) is 2.70. The van der Waals surface area contributed by atoms with Crippen molar-refractivity contribution in [3.8, 4) is 0 Å². The van der Waals surface area contributed by atoms with Crippen LogP contribution in [0.2, 0.25) is 0 Å². The Bertz CT molecular complexity index is 374. The van der Waals surface area contributed by atoms with E-state index in [9.17, 15) is 26.3 Å². The topological polar surface area (TPSA) is 97.1 Å². The lowest BCUT2D eigenvalue weighted by Gasteiger charge is -2.05. The molecule has 0 spiro atoms. The molecule has 168 valence electrons. The van der Waals surface area contributed by atoms with Crippen LogP contribution in [0.25, 0.3) is 0 Å². The molecule has 1 aromatic rings. The molecule has 28 heavy (non-hydrogen) atoms. The molecule has 0 aliphatic carbocycles. The van der Waals surface area contributed by atoms with Gasteiger partial charge in [-0.25, -0.2) is 31.3 Å². The molecular formula is C18H38F6N4+4. The van der Waals surface area contributed by atoms with Crippen LogP contribution in [0, 0.1) is 0 Å².